The van der Waals surface area contributed by atoms with E-state index in [0.717, 1.165) is 61.7 Å². The van der Waals surface area contributed by atoms with Gasteiger partial charge in [-0.15, -0.1) is 33.7 Å². The molecule has 12 aromatic rings. The summed E-state index contributed by atoms with van der Waals surface area (Å²) in [6, 6.07) is 79.5. The molecule has 0 aliphatic heterocycles. The summed E-state index contributed by atoms with van der Waals surface area (Å²) in [6.07, 6.45) is 10.3. The average molecular weight is 1060 g/mol. The molecule has 0 bridgehead atoms. The van der Waals surface area contributed by atoms with Gasteiger partial charge in [-0.05, 0) is 40.1 Å². The molecule has 9 heteroatoms. The van der Waals surface area contributed by atoms with Crippen LogP contribution in [0.5, 0.6) is 0 Å². The summed E-state index contributed by atoms with van der Waals surface area (Å²) in [6.45, 7) is 0. The molecule has 4 aromatic heterocycles. The van der Waals surface area contributed by atoms with Crippen molar-refractivity contribution < 1.29 is 29.2 Å². The zero-order valence-electron chi connectivity index (χ0n) is 37.3. The van der Waals surface area contributed by atoms with Crippen molar-refractivity contribution in [3.8, 4) is 67.8 Å². The largest absolute Gasteiger partial charge is 0.358 e. The fourth-order valence-electron chi connectivity index (χ4n) is 8.40. The fourth-order valence-corrected chi connectivity index (χ4v) is 8.40. The van der Waals surface area contributed by atoms with E-state index in [0.29, 0.717) is 5.69 Å². The molecule has 1 radical (unpaired) electrons. The second kappa shape index (κ2) is 20.9. The van der Waals surface area contributed by atoms with E-state index >= 15 is 0 Å². The first kappa shape index (κ1) is 44.8. The summed E-state index contributed by atoms with van der Waals surface area (Å²) in [4.78, 5) is 4.08. The summed E-state index contributed by atoms with van der Waals surface area (Å²) < 4.78 is 8.43. The molecule has 0 N–H and O–H groups in total. The van der Waals surface area contributed by atoms with Crippen LogP contribution in [0.15, 0.2) is 225 Å². The predicted molar refractivity (Wildman–Crippen MR) is 265 cm³/mol. The minimum atomic E-state index is 0. The Morgan fingerprint density at radius 3 is 1.28 bits per heavy atom. The third kappa shape index (κ3) is 9.35. The molecule has 68 heavy (non-hydrogen) atoms. The van der Waals surface area contributed by atoms with Gasteiger partial charge in [-0.3, -0.25) is 10.2 Å². The Kier molecular flexibility index (Phi) is 13.8. The van der Waals surface area contributed by atoms with Gasteiger partial charge in [-0.25, -0.2) is 0 Å². The monoisotopic (exact) mass is 1060 g/mol. The van der Waals surface area contributed by atoms with E-state index in [4.69, 9.17) is 0 Å². The fraction of sp³-hybridized carbons (Fsp3) is 0.0339. The Morgan fingerprint density at radius 2 is 0.868 bits per heavy atom. The Hall–Kier alpha value is -8.36. The molecule has 0 saturated carbocycles. The van der Waals surface area contributed by atoms with Gasteiger partial charge in [-0.1, -0.05) is 181 Å². The minimum absolute atomic E-state index is 0. The van der Waals surface area contributed by atoms with Gasteiger partial charge in [0.15, 0.2) is 0 Å². The van der Waals surface area contributed by atoms with Gasteiger partial charge in [0.1, 0.15) is 0 Å². The number of nitrogens with zero attached hydrogens (tertiary/aromatic N) is 8. The third-order valence-corrected chi connectivity index (χ3v) is 11.4. The van der Waals surface area contributed by atoms with Crippen LogP contribution in [0.4, 0.5) is 0 Å². The van der Waals surface area contributed by atoms with E-state index in [1.54, 1.807) is 12.4 Å². The quantitative estimate of drug-likeness (QED) is 0.118. The second-order valence-electron chi connectivity index (χ2n) is 15.7. The second-order valence-corrected chi connectivity index (χ2v) is 15.7. The minimum Gasteiger partial charge on any atom is -0.358 e. The van der Waals surface area contributed by atoms with Gasteiger partial charge < -0.3 is 28.5 Å². The van der Waals surface area contributed by atoms with Gasteiger partial charge in [0.2, 0.25) is 12.7 Å². The Morgan fingerprint density at radius 1 is 0.456 bits per heavy atom. The molecule has 0 aliphatic rings. The maximum absolute atomic E-state index is 4.08. The molecule has 0 saturated heterocycles. The van der Waals surface area contributed by atoms with Crippen LogP contribution in [0.2, 0.25) is 0 Å². The Bertz CT molecular complexity index is 3310. The molecule has 0 amide bonds. The van der Waals surface area contributed by atoms with Gasteiger partial charge in [0, 0.05) is 26.3 Å². The number of pyridine rings is 1. The summed E-state index contributed by atoms with van der Waals surface area (Å²) in [7, 11) is 4.10. The van der Waals surface area contributed by atoms with Crippen LogP contribution in [0.25, 0.3) is 89.3 Å². The Labute approximate surface area is 409 Å². The first-order valence-electron chi connectivity index (χ1n) is 21.9. The first-order valence-corrected chi connectivity index (χ1v) is 21.9. The summed E-state index contributed by atoms with van der Waals surface area (Å²) in [5.74, 6) is 0. The van der Waals surface area contributed by atoms with Crippen LogP contribution < -0.4 is 14.2 Å². The molecule has 0 aliphatic carbocycles. The third-order valence-electron chi connectivity index (χ3n) is 11.4. The summed E-state index contributed by atoms with van der Waals surface area (Å²) >= 11 is 0. The zero-order valence-corrected chi connectivity index (χ0v) is 39.7. The Balaban J connectivity index is 0.000000138. The van der Waals surface area contributed by atoms with Crippen molar-refractivity contribution in [3.05, 3.63) is 250 Å². The van der Waals surface area contributed by atoms with Crippen LogP contribution in [0, 0.1) is 24.8 Å². The zero-order chi connectivity index (χ0) is 45.4. The molecule has 0 spiro atoms. The van der Waals surface area contributed by atoms with Gasteiger partial charge in [0.05, 0.1) is 42.6 Å². The number of hydrogen-bond donors (Lipinski definition) is 0. The van der Waals surface area contributed by atoms with E-state index < -0.39 is 0 Å². The number of fused-ring (bicyclic) bond motifs is 2. The molecular weight excluding hydrogens is 1010 g/mol. The van der Waals surface area contributed by atoms with Crippen molar-refractivity contribution in [2.45, 2.75) is 0 Å². The molecule has 0 atom stereocenters. The van der Waals surface area contributed by atoms with Gasteiger partial charge in [0.25, 0.3) is 0 Å². The van der Waals surface area contributed by atoms with E-state index in [1.807, 2.05) is 54.6 Å². The normalized spacial score (nSPS) is 10.7. The number of hydrogen-bond acceptors (Lipinski definition) is 3. The smallest absolute Gasteiger partial charge is 0.242 e. The van der Waals surface area contributed by atoms with Crippen molar-refractivity contribution in [2.24, 2.45) is 14.1 Å². The predicted octanol–water partition coefficient (Wildman–Crippen LogP) is 11.3. The molecule has 0 unspecified atom stereocenters. The number of aromatic nitrogens is 8. The maximum Gasteiger partial charge on any atom is 0.242 e. The van der Waals surface area contributed by atoms with E-state index in [1.165, 1.54) is 21.9 Å². The van der Waals surface area contributed by atoms with E-state index in [9.17, 15) is 0 Å². The van der Waals surface area contributed by atoms with Crippen molar-refractivity contribution in [2.75, 3.05) is 0 Å². The summed E-state index contributed by atoms with van der Waals surface area (Å²) in [5, 5.41) is 15.5. The SMILES string of the molecule is C[n+]1[c-]n(-c2[c-]ccc3ccccc23)c(-c2ccccc2)c1-c1ccccc1.C[n+]1[c-]n(-c2[c-]ccc3ccccc23)c(-c2ccccc2)c1-c1ccccc1.[Ir].c1ccc(-c2cnn[n-]2)nc1. The van der Waals surface area contributed by atoms with Crippen molar-refractivity contribution in [3.63, 3.8) is 0 Å². The molecule has 0 fully saturated rings. The van der Waals surface area contributed by atoms with E-state index in [2.05, 4.69) is 235 Å². The molecular formula is C59H43IrN8-3. The molecule has 12 rings (SSSR count). The maximum atomic E-state index is 4.08. The molecule has 8 nitrogen and oxygen atoms in total. The van der Waals surface area contributed by atoms with Crippen LogP contribution in [-0.4, -0.2) is 24.4 Å². The topological polar surface area (TPSA) is 70.4 Å². The summed E-state index contributed by atoms with van der Waals surface area (Å²) in [5.41, 5.74) is 12.7. The van der Waals surface area contributed by atoms with Gasteiger partial charge in [-0.2, -0.15) is 36.4 Å². The number of benzene rings is 8. The number of rotatable bonds is 7. The van der Waals surface area contributed by atoms with Gasteiger partial charge >= 0.3 is 0 Å². The van der Waals surface area contributed by atoms with Crippen molar-refractivity contribution in [1.82, 2.24) is 29.5 Å². The van der Waals surface area contributed by atoms with Crippen LogP contribution in [-0.2, 0) is 34.2 Å². The van der Waals surface area contributed by atoms with E-state index in [-0.39, 0.29) is 20.1 Å². The average Bonchev–Trinajstić information content (AvgIpc) is 4.16. The van der Waals surface area contributed by atoms with Crippen molar-refractivity contribution in [1.29, 1.82) is 0 Å². The molecule has 8 aromatic carbocycles. The van der Waals surface area contributed by atoms with Crippen LogP contribution in [0.1, 0.15) is 0 Å². The first-order chi connectivity index (χ1) is 33.1. The number of aryl methyl sites for hydroxylation is 2. The standard InChI is InChI=1S/2C26H19N2.C7H5N4.Ir/c2*1-27-19-28(24-18-10-16-20-11-8-9-17-23(20)24)26(22-14-6-3-7-15-22)25(27)21-12-4-2-5-13-21;1-2-4-8-6(3-1)7-5-9-11-10-7;/h2*2-17H,1H3;1-5H;/q3*-1;. The number of imidazole rings is 2. The van der Waals surface area contributed by atoms with Crippen LogP contribution in [0.3, 0.4) is 0 Å². The van der Waals surface area contributed by atoms with Crippen LogP contribution >= 0.6 is 0 Å². The van der Waals surface area contributed by atoms with Crippen molar-refractivity contribution >= 4 is 21.5 Å². The molecule has 4 heterocycles. The molecule has 331 valence electrons.